The molecule has 1 amide bonds. The van der Waals surface area contributed by atoms with E-state index in [1.54, 1.807) is 24.3 Å². The molecule has 146 valence electrons. The molecular weight excluding hydrogens is 352 g/mol. The van der Waals surface area contributed by atoms with Crippen molar-refractivity contribution in [1.29, 1.82) is 0 Å². The summed E-state index contributed by atoms with van der Waals surface area (Å²) < 4.78 is 0. The number of nitrogens with one attached hydrogen (secondary N) is 1. The SMILES string of the molecule is CC(=O)c1ccccc1C(=O)NC1CCN(c2cc3c(nn2)CCCC3)CC1. The molecule has 1 aromatic heterocycles. The highest BCUT2D eigenvalue weighted by atomic mass is 16.2. The van der Waals surface area contributed by atoms with Crippen LogP contribution in [0.2, 0.25) is 0 Å². The quantitative estimate of drug-likeness (QED) is 0.828. The summed E-state index contributed by atoms with van der Waals surface area (Å²) in [5, 5.41) is 12.0. The average molecular weight is 378 g/mol. The van der Waals surface area contributed by atoms with Crippen molar-refractivity contribution in [2.75, 3.05) is 18.0 Å². The molecule has 0 radical (unpaired) electrons. The molecule has 2 aromatic rings. The van der Waals surface area contributed by atoms with Gasteiger partial charge in [0.2, 0.25) is 0 Å². The Morgan fingerprint density at radius 3 is 2.50 bits per heavy atom. The van der Waals surface area contributed by atoms with Gasteiger partial charge in [-0.2, -0.15) is 5.10 Å². The Bertz CT molecular complexity index is 888. The lowest BCUT2D eigenvalue weighted by molar-refractivity contribution is 0.0919. The first kappa shape index (κ1) is 18.6. The molecule has 1 fully saturated rings. The van der Waals surface area contributed by atoms with Gasteiger partial charge in [-0.15, -0.1) is 5.10 Å². The van der Waals surface area contributed by atoms with Crippen molar-refractivity contribution >= 4 is 17.5 Å². The normalized spacial score (nSPS) is 17.1. The molecule has 1 N–H and O–H groups in total. The Hall–Kier alpha value is -2.76. The Morgan fingerprint density at radius 2 is 1.75 bits per heavy atom. The molecule has 1 saturated heterocycles. The van der Waals surface area contributed by atoms with E-state index in [0.717, 1.165) is 50.3 Å². The van der Waals surface area contributed by atoms with Crippen molar-refractivity contribution in [3.8, 4) is 0 Å². The molecule has 0 bridgehead atoms. The predicted molar refractivity (Wildman–Crippen MR) is 108 cm³/mol. The van der Waals surface area contributed by atoms with E-state index in [4.69, 9.17) is 0 Å². The number of nitrogens with zero attached hydrogens (tertiary/aromatic N) is 3. The average Bonchev–Trinajstić information content (AvgIpc) is 2.74. The summed E-state index contributed by atoms with van der Waals surface area (Å²) in [6.45, 7) is 3.17. The van der Waals surface area contributed by atoms with E-state index in [1.165, 1.54) is 25.3 Å². The number of carbonyl (C=O) groups excluding carboxylic acids is 2. The molecule has 2 heterocycles. The van der Waals surface area contributed by atoms with Crippen molar-refractivity contribution < 1.29 is 9.59 Å². The van der Waals surface area contributed by atoms with Crippen LogP contribution in [0.3, 0.4) is 0 Å². The second-order valence-electron chi connectivity index (χ2n) is 7.72. The van der Waals surface area contributed by atoms with E-state index in [9.17, 15) is 9.59 Å². The minimum atomic E-state index is -0.169. The number of amides is 1. The summed E-state index contributed by atoms with van der Waals surface area (Å²) in [6.07, 6.45) is 6.28. The lowest BCUT2D eigenvalue weighted by Gasteiger charge is -2.33. The van der Waals surface area contributed by atoms with Crippen molar-refractivity contribution in [3.05, 3.63) is 52.7 Å². The summed E-state index contributed by atoms with van der Waals surface area (Å²) in [6, 6.07) is 9.29. The molecule has 1 aromatic carbocycles. The van der Waals surface area contributed by atoms with Gasteiger partial charge in [-0.25, -0.2) is 0 Å². The number of aromatic nitrogens is 2. The fourth-order valence-electron chi connectivity index (χ4n) is 4.14. The maximum absolute atomic E-state index is 12.7. The number of aryl methyl sites for hydroxylation is 2. The molecule has 0 unspecified atom stereocenters. The van der Waals surface area contributed by atoms with Gasteiger partial charge in [0, 0.05) is 24.7 Å². The second-order valence-corrected chi connectivity index (χ2v) is 7.72. The van der Waals surface area contributed by atoms with E-state index < -0.39 is 0 Å². The van der Waals surface area contributed by atoms with Gasteiger partial charge in [-0.1, -0.05) is 18.2 Å². The topological polar surface area (TPSA) is 75.2 Å². The summed E-state index contributed by atoms with van der Waals surface area (Å²) in [7, 11) is 0. The zero-order chi connectivity index (χ0) is 19.5. The third-order valence-corrected chi connectivity index (χ3v) is 5.76. The summed E-state index contributed by atoms with van der Waals surface area (Å²) >= 11 is 0. The standard InChI is InChI=1S/C22H26N4O2/c1-15(27)18-7-3-4-8-19(18)22(28)23-17-10-12-26(13-11-17)21-14-16-6-2-5-9-20(16)24-25-21/h3-4,7-8,14,17H,2,5-6,9-13H2,1H3,(H,23,28). The lowest BCUT2D eigenvalue weighted by atomic mass is 9.96. The Kier molecular flexibility index (Phi) is 5.37. The molecule has 2 aliphatic rings. The highest BCUT2D eigenvalue weighted by Gasteiger charge is 2.24. The third-order valence-electron chi connectivity index (χ3n) is 5.76. The number of ketones is 1. The lowest BCUT2D eigenvalue weighted by Crippen LogP contribution is -2.45. The highest BCUT2D eigenvalue weighted by molar-refractivity contribution is 6.07. The minimum absolute atomic E-state index is 0.0912. The molecule has 1 aliphatic heterocycles. The molecule has 6 heteroatoms. The molecule has 6 nitrogen and oxygen atoms in total. The van der Waals surface area contributed by atoms with Crippen molar-refractivity contribution in [2.24, 2.45) is 0 Å². The Morgan fingerprint density at radius 1 is 1.04 bits per heavy atom. The van der Waals surface area contributed by atoms with Crippen LogP contribution in [-0.2, 0) is 12.8 Å². The van der Waals surface area contributed by atoms with Gasteiger partial charge in [0.15, 0.2) is 11.6 Å². The van der Waals surface area contributed by atoms with Crippen LogP contribution in [0.1, 0.15) is 64.6 Å². The van der Waals surface area contributed by atoms with Crippen LogP contribution >= 0.6 is 0 Å². The van der Waals surface area contributed by atoms with Gasteiger partial charge < -0.3 is 10.2 Å². The third kappa shape index (κ3) is 3.91. The van der Waals surface area contributed by atoms with E-state index in [-0.39, 0.29) is 17.7 Å². The van der Waals surface area contributed by atoms with Gasteiger partial charge in [0.1, 0.15) is 0 Å². The monoisotopic (exact) mass is 378 g/mol. The number of hydrogen-bond donors (Lipinski definition) is 1. The van der Waals surface area contributed by atoms with E-state index in [1.807, 2.05) is 0 Å². The first-order valence-corrected chi connectivity index (χ1v) is 10.1. The van der Waals surface area contributed by atoms with Gasteiger partial charge in [-0.05, 0) is 63.1 Å². The second kappa shape index (κ2) is 8.09. The number of carbonyl (C=O) groups is 2. The summed E-state index contributed by atoms with van der Waals surface area (Å²) in [5.74, 6) is 0.691. The van der Waals surface area contributed by atoms with Crippen LogP contribution in [0, 0.1) is 0 Å². The fourth-order valence-corrected chi connectivity index (χ4v) is 4.14. The molecule has 1 aliphatic carbocycles. The van der Waals surface area contributed by atoms with Crippen LogP contribution in [0.4, 0.5) is 5.82 Å². The van der Waals surface area contributed by atoms with Crippen LogP contribution in [0.5, 0.6) is 0 Å². The van der Waals surface area contributed by atoms with Gasteiger partial charge in [-0.3, -0.25) is 9.59 Å². The molecule has 0 spiro atoms. The highest BCUT2D eigenvalue weighted by Crippen LogP contribution is 2.24. The number of Topliss-reactive ketones (excluding diaryl/α,β-unsaturated/α-hetero) is 1. The van der Waals surface area contributed by atoms with Crippen LogP contribution in [-0.4, -0.2) is 41.0 Å². The molecular formula is C22H26N4O2. The largest absolute Gasteiger partial charge is 0.355 e. The van der Waals surface area contributed by atoms with Crippen LogP contribution in [0.15, 0.2) is 30.3 Å². The number of rotatable bonds is 4. The summed E-state index contributed by atoms with van der Waals surface area (Å²) in [4.78, 5) is 26.7. The Labute approximate surface area is 165 Å². The number of benzene rings is 1. The smallest absolute Gasteiger partial charge is 0.252 e. The number of fused-ring (bicyclic) bond motifs is 1. The molecule has 28 heavy (non-hydrogen) atoms. The predicted octanol–water partition coefficient (Wildman–Crippen LogP) is 2.96. The number of hydrogen-bond acceptors (Lipinski definition) is 5. The van der Waals surface area contributed by atoms with Gasteiger partial charge in [0.05, 0.1) is 11.3 Å². The zero-order valence-corrected chi connectivity index (χ0v) is 16.3. The summed E-state index contributed by atoms with van der Waals surface area (Å²) in [5.41, 5.74) is 3.42. The molecule has 0 saturated carbocycles. The van der Waals surface area contributed by atoms with E-state index in [2.05, 4.69) is 26.5 Å². The van der Waals surface area contributed by atoms with Gasteiger partial charge in [0.25, 0.3) is 5.91 Å². The van der Waals surface area contributed by atoms with E-state index in [0.29, 0.717) is 11.1 Å². The molecule has 0 atom stereocenters. The van der Waals surface area contributed by atoms with Gasteiger partial charge >= 0.3 is 0 Å². The van der Waals surface area contributed by atoms with E-state index >= 15 is 0 Å². The van der Waals surface area contributed by atoms with Crippen molar-refractivity contribution in [3.63, 3.8) is 0 Å². The van der Waals surface area contributed by atoms with Crippen LogP contribution < -0.4 is 10.2 Å². The zero-order valence-electron chi connectivity index (χ0n) is 16.3. The number of anilines is 1. The first-order chi connectivity index (χ1) is 13.6. The number of piperidine rings is 1. The van der Waals surface area contributed by atoms with Crippen molar-refractivity contribution in [2.45, 2.75) is 51.5 Å². The van der Waals surface area contributed by atoms with Crippen molar-refractivity contribution in [1.82, 2.24) is 15.5 Å². The maximum Gasteiger partial charge on any atom is 0.252 e. The fraction of sp³-hybridized carbons (Fsp3) is 0.455. The first-order valence-electron chi connectivity index (χ1n) is 10.1. The van der Waals surface area contributed by atoms with Crippen LogP contribution in [0.25, 0.3) is 0 Å². The Balaban J connectivity index is 1.37. The maximum atomic E-state index is 12.7. The minimum Gasteiger partial charge on any atom is -0.355 e. The molecule has 4 rings (SSSR count).